The van der Waals surface area contributed by atoms with Gasteiger partial charge in [-0.2, -0.15) is 0 Å². The molecule has 118 valence electrons. The molecule has 1 aliphatic rings. The van der Waals surface area contributed by atoms with Gasteiger partial charge in [-0.25, -0.2) is 0 Å². The number of aryl methyl sites for hydroxylation is 2. The van der Waals surface area contributed by atoms with Crippen LogP contribution in [0.15, 0.2) is 30.4 Å². The lowest BCUT2D eigenvalue weighted by atomic mass is 9.81. The van der Waals surface area contributed by atoms with Gasteiger partial charge in [0.05, 0.1) is 11.8 Å². The lowest BCUT2D eigenvalue weighted by molar-refractivity contribution is -0.132. The highest BCUT2D eigenvalue weighted by Gasteiger charge is 2.33. The number of amides is 2. The lowest BCUT2D eigenvalue weighted by Gasteiger charge is -2.26. The van der Waals surface area contributed by atoms with Gasteiger partial charge in [0.2, 0.25) is 11.8 Å². The highest BCUT2D eigenvalue weighted by molar-refractivity contribution is 5.96. The minimum Gasteiger partial charge on any atom is -0.356 e. The second-order valence-corrected chi connectivity index (χ2v) is 5.92. The van der Waals surface area contributed by atoms with Gasteiger partial charge in [-0.3, -0.25) is 9.59 Å². The summed E-state index contributed by atoms with van der Waals surface area (Å²) in [5.74, 6) is -0.703. The van der Waals surface area contributed by atoms with Crippen molar-refractivity contribution in [2.45, 2.75) is 33.6 Å². The third kappa shape index (κ3) is 3.97. The average Bonchev–Trinajstić information content (AvgIpc) is 2.46. The van der Waals surface area contributed by atoms with Gasteiger partial charge in [-0.1, -0.05) is 18.2 Å². The fraction of sp³-hybridized carbons (Fsp3) is 0.444. The molecule has 0 bridgehead atoms. The Morgan fingerprint density at radius 1 is 1.00 bits per heavy atom. The zero-order valence-corrected chi connectivity index (χ0v) is 13.5. The van der Waals surface area contributed by atoms with Gasteiger partial charge in [0.1, 0.15) is 0 Å². The molecule has 0 fully saturated rings. The quantitative estimate of drug-likeness (QED) is 0.840. The smallest absolute Gasteiger partial charge is 0.228 e. The van der Waals surface area contributed by atoms with Crippen molar-refractivity contribution < 1.29 is 9.59 Å². The van der Waals surface area contributed by atoms with Gasteiger partial charge in [-0.05, 0) is 56.9 Å². The van der Waals surface area contributed by atoms with E-state index in [1.165, 1.54) is 0 Å². The number of anilines is 1. The first-order valence-electron chi connectivity index (χ1n) is 7.83. The molecule has 0 saturated carbocycles. The zero-order valence-electron chi connectivity index (χ0n) is 13.5. The van der Waals surface area contributed by atoms with E-state index >= 15 is 0 Å². The van der Waals surface area contributed by atoms with E-state index in [2.05, 4.69) is 16.7 Å². The van der Waals surface area contributed by atoms with Gasteiger partial charge in [0.15, 0.2) is 0 Å². The largest absolute Gasteiger partial charge is 0.356 e. The summed E-state index contributed by atoms with van der Waals surface area (Å²) < 4.78 is 0. The van der Waals surface area contributed by atoms with Crippen LogP contribution in [0.1, 0.15) is 30.9 Å². The van der Waals surface area contributed by atoms with Crippen molar-refractivity contribution in [3.8, 4) is 0 Å². The third-order valence-corrected chi connectivity index (χ3v) is 3.95. The summed E-state index contributed by atoms with van der Waals surface area (Å²) in [4.78, 5) is 24.7. The molecular formula is C18H24N2O2. The van der Waals surface area contributed by atoms with Gasteiger partial charge < -0.3 is 10.6 Å². The van der Waals surface area contributed by atoms with E-state index in [1.807, 2.05) is 45.1 Å². The van der Waals surface area contributed by atoms with Crippen LogP contribution in [0.3, 0.4) is 0 Å². The first kappa shape index (κ1) is 16.3. The summed E-state index contributed by atoms with van der Waals surface area (Å²) in [7, 11) is 0. The number of hydrogen-bond acceptors (Lipinski definition) is 2. The van der Waals surface area contributed by atoms with E-state index < -0.39 is 0 Å². The summed E-state index contributed by atoms with van der Waals surface area (Å²) in [5.41, 5.74) is 3.02. The summed E-state index contributed by atoms with van der Waals surface area (Å²) >= 11 is 0. The van der Waals surface area contributed by atoms with Crippen molar-refractivity contribution in [2.24, 2.45) is 11.8 Å². The van der Waals surface area contributed by atoms with E-state index in [0.29, 0.717) is 19.4 Å². The first-order chi connectivity index (χ1) is 10.5. The molecule has 0 spiro atoms. The predicted molar refractivity (Wildman–Crippen MR) is 88.6 cm³/mol. The van der Waals surface area contributed by atoms with Gasteiger partial charge >= 0.3 is 0 Å². The van der Waals surface area contributed by atoms with E-state index in [0.717, 1.165) is 16.8 Å². The maximum absolute atomic E-state index is 12.6. The second-order valence-electron chi connectivity index (χ2n) is 5.92. The summed E-state index contributed by atoms with van der Waals surface area (Å²) in [6.07, 6.45) is 5.21. The number of carbonyl (C=O) groups is 2. The molecule has 22 heavy (non-hydrogen) atoms. The molecule has 2 atom stereocenters. The minimum absolute atomic E-state index is 0.0348. The molecule has 0 aromatic heterocycles. The predicted octanol–water partition coefficient (Wildman–Crippen LogP) is 2.96. The minimum atomic E-state index is -0.308. The first-order valence-corrected chi connectivity index (χ1v) is 7.83. The van der Waals surface area contributed by atoms with Crippen molar-refractivity contribution in [1.29, 1.82) is 0 Å². The van der Waals surface area contributed by atoms with E-state index in [1.54, 1.807) is 0 Å². The molecule has 2 rings (SSSR count). The number of rotatable bonds is 4. The molecule has 0 saturated heterocycles. The number of allylic oxidation sites excluding steroid dienone is 2. The molecule has 2 N–H and O–H groups in total. The fourth-order valence-corrected chi connectivity index (χ4v) is 2.98. The van der Waals surface area contributed by atoms with Crippen molar-refractivity contribution >= 4 is 17.5 Å². The third-order valence-electron chi connectivity index (χ3n) is 3.95. The highest BCUT2D eigenvalue weighted by Crippen LogP contribution is 2.27. The topological polar surface area (TPSA) is 58.2 Å². The maximum Gasteiger partial charge on any atom is 0.228 e. The average molecular weight is 300 g/mol. The number of benzene rings is 1. The molecule has 4 nitrogen and oxygen atoms in total. The van der Waals surface area contributed by atoms with Crippen LogP contribution in [0.4, 0.5) is 5.69 Å². The Morgan fingerprint density at radius 3 is 2.09 bits per heavy atom. The molecule has 1 aliphatic carbocycles. The number of carbonyl (C=O) groups excluding carboxylic acids is 2. The Morgan fingerprint density at radius 2 is 1.55 bits per heavy atom. The summed E-state index contributed by atoms with van der Waals surface area (Å²) in [6, 6.07) is 5.96. The lowest BCUT2D eigenvalue weighted by Crippen LogP contribution is -2.40. The van der Waals surface area contributed by atoms with Crippen LogP contribution in [0.2, 0.25) is 0 Å². The molecule has 4 heteroatoms. The van der Waals surface area contributed by atoms with Crippen LogP contribution in [0.25, 0.3) is 0 Å². The molecule has 1 aromatic carbocycles. The molecule has 0 radical (unpaired) electrons. The van der Waals surface area contributed by atoms with E-state index in [9.17, 15) is 9.59 Å². The maximum atomic E-state index is 12.6. The van der Waals surface area contributed by atoms with Crippen LogP contribution in [-0.2, 0) is 9.59 Å². The zero-order chi connectivity index (χ0) is 16.1. The van der Waals surface area contributed by atoms with Gasteiger partial charge in [0.25, 0.3) is 0 Å². The van der Waals surface area contributed by atoms with Crippen molar-refractivity contribution in [2.75, 3.05) is 11.9 Å². The fourth-order valence-electron chi connectivity index (χ4n) is 2.98. The van der Waals surface area contributed by atoms with Crippen LogP contribution >= 0.6 is 0 Å². The highest BCUT2D eigenvalue weighted by atomic mass is 16.2. The normalized spacial score (nSPS) is 20.5. The van der Waals surface area contributed by atoms with Crippen molar-refractivity contribution in [1.82, 2.24) is 5.32 Å². The Hall–Kier alpha value is -2.10. The molecule has 2 unspecified atom stereocenters. The molecule has 0 aliphatic heterocycles. The Bertz CT molecular complexity index is 572. The monoisotopic (exact) mass is 300 g/mol. The molecule has 2 amide bonds. The van der Waals surface area contributed by atoms with Crippen molar-refractivity contribution in [3.05, 3.63) is 41.5 Å². The van der Waals surface area contributed by atoms with Crippen LogP contribution in [0, 0.1) is 25.7 Å². The molecule has 0 heterocycles. The molecule has 1 aromatic rings. The Labute approximate surface area is 132 Å². The second kappa shape index (κ2) is 7.25. The van der Waals surface area contributed by atoms with Crippen LogP contribution < -0.4 is 10.6 Å². The summed E-state index contributed by atoms with van der Waals surface area (Å²) in [5, 5.41) is 5.80. The van der Waals surface area contributed by atoms with E-state index in [4.69, 9.17) is 0 Å². The Balaban J connectivity index is 2.12. The Kier molecular flexibility index (Phi) is 5.36. The SMILES string of the molecule is CCNC(=O)C1CC=CCC1C(=O)Nc1cc(C)cc(C)c1. The van der Waals surface area contributed by atoms with Gasteiger partial charge in [-0.15, -0.1) is 0 Å². The van der Waals surface area contributed by atoms with Crippen LogP contribution in [-0.4, -0.2) is 18.4 Å². The standard InChI is InChI=1S/C18H24N2O2/c1-4-19-17(21)15-7-5-6-8-16(15)18(22)20-14-10-12(2)9-13(3)11-14/h5-6,9-11,15-16H,4,7-8H2,1-3H3,(H,19,21)(H,20,22). The number of nitrogens with one attached hydrogen (secondary N) is 2. The van der Waals surface area contributed by atoms with Crippen LogP contribution in [0.5, 0.6) is 0 Å². The van der Waals surface area contributed by atoms with Gasteiger partial charge in [0, 0.05) is 12.2 Å². The van der Waals surface area contributed by atoms with Crippen molar-refractivity contribution in [3.63, 3.8) is 0 Å². The molecular weight excluding hydrogens is 276 g/mol. The summed E-state index contributed by atoms with van der Waals surface area (Å²) in [6.45, 7) is 6.48. The number of hydrogen-bond donors (Lipinski definition) is 2. The van der Waals surface area contributed by atoms with E-state index in [-0.39, 0.29) is 23.7 Å².